The van der Waals surface area contributed by atoms with Gasteiger partial charge in [0.2, 0.25) is 0 Å². The van der Waals surface area contributed by atoms with Crippen LogP contribution in [0, 0.1) is 0 Å². The van der Waals surface area contributed by atoms with Crippen LogP contribution in [-0.2, 0) is 4.79 Å². The third-order valence-corrected chi connectivity index (χ3v) is 3.75. The molecule has 0 saturated heterocycles. The maximum atomic E-state index is 12.6. The summed E-state index contributed by atoms with van der Waals surface area (Å²) in [5.41, 5.74) is 2.37. The van der Waals surface area contributed by atoms with E-state index < -0.39 is 5.97 Å². The van der Waals surface area contributed by atoms with E-state index in [0.29, 0.717) is 12.0 Å². The van der Waals surface area contributed by atoms with Crippen LogP contribution in [0.3, 0.4) is 0 Å². The summed E-state index contributed by atoms with van der Waals surface area (Å²) < 4.78 is 0. The molecule has 4 nitrogen and oxygen atoms in total. The number of para-hydroxylation sites is 1. The van der Waals surface area contributed by atoms with Gasteiger partial charge in [-0.05, 0) is 30.2 Å². The highest BCUT2D eigenvalue weighted by atomic mass is 16.4. The summed E-state index contributed by atoms with van der Waals surface area (Å²) in [5.74, 6) is -0.910. The number of aliphatic carboxylic acids is 1. The SMILES string of the molecule is O=C(O)CCC1c2ccccc2C(=O)N1c1ccccc1. The van der Waals surface area contributed by atoms with Gasteiger partial charge in [0, 0.05) is 17.7 Å². The molecule has 2 aromatic carbocycles. The Balaban J connectivity index is 2.02. The molecule has 1 N–H and O–H groups in total. The van der Waals surface area contributed by atoms with Crippen LogP contribution in [-0.4, -0.2) is 17.0 Å². The summed E-state index contributed by atoms with van der Waals surface area (Å²) >= 11 is 0. The third-order valence-electron chi connectivity index (χ3n) is 3.75. The summed E-state index contributed by atoms with van der Waals surface area (Å²) in [6, 6.07) is 16.6. The van der Waals surface area contributed by atoms with Crippen LogP contribution in [0.15, 0.2) is 54.6 Å². The Bertz CT molecular complexity index is 681. The second-order valence-electron chi connectivity index (χ2n) is 5.05. The quantitative estimate of drug-likeness (QED) is 0.935. The van der Waals surface area contributed by atoms with Gasteiger partial charge in [0.15, 0.2) is 0 Å². The zero-order valence-electron chi connectivity index (χ0n) is 11.4. The molecule has 0 saturated carbocycles. The summed E-state index contributed by atoms with van der Waals surface area (Å²) in [6.45, 7) is 0. The van der Waals surface area contributed by atoms with Gasteiger partial charge in [-0.25, -0.2) is 0 Å². The molecular formula is C17H15NO3. The van der Waals surface area contributed by atoms with E-state index >= 15 is 0 Å². The van der Waals surface area contributed by atoms with Gasteiger partial charge in [0.25, 0.3) is 5.91 Å². The van der Waals surface area contributed by atoms with Crippen molar-refractivity contribution in [2.24, 2.45) is 0 Å². The third kappa shape index (κ3) is 2.40. The van der Waals surface area contributed by atoms with Gasteiger partial charge in [-0.3, -0.25) is 9.59 Å². The summed E-state index contributed by atoms with van der Waals surface area (Å²) in [6.07, 6.45) is 0.447. The first-order valence-electron chi connectivity index (χ1n) is 6.88. The van der Waals surface area contributed by atoms with Crippen molar-refractivity contribution in [2.45, 2.75) is 18.9 Å². The van der Waals surface area contributed by atoms with E-state index in [-0.39, 0.29) is 18.4 Å². The van der Waals surface area contributed by atoms with Crippen molar-refractivity contribution in [3.63, 3.8) is 0 Å². The standard InChI is InChI=1S/C17H15NO3/c19-16(20)11-10-15-13-8-4-5-9-14(13)17(21)18(15)12-6-2-1-3-7-12/h1-9,15H,10-11H2,(H,19,20). The minimum atomic E-state index is -0.847. The van der Waals surface area contributed by atoms with Gasteiger partial charge < -0.3 is 10.0 Å². The maximum absolute atomic E-state index is 12.6. The number of carboxylic acids is 1. The highest BCUT2D eigenvalue weighted by Gasteiger charge is 2.37. The summed E-state index contributed by atoms with van der Waals surface area (Å²) in [7, 11) is 0. The first-order valence-corrected chi connectivity index (χ1v) is 6.88. The average Bonchev–Trinajstić information content (AvgIpc) is 2.79. The second kappa shape index (κ2) is 5.40. The molecule has 1 atom stereocenters. The van der Waals surface area contributed by atoms with Crippen molar-refractivity contribution in [3.05, 3.63) is 65.7 Å². The zero-order chi connectivity index (χ0) is 14.8. The second-order valence-corrected chi connectivity index (χ2v) is 5.05. The van der Waals surface area contributed by atoms with E-state index in [1.165, 1.54) is 0 Å². The van der Waals surface area contributed by atoms with Crippen LogP contribution in [0.5, 0.6) is 0 Å². The lowest BCUT2D eigenvalue weighted by Gasteiger charge is -2.25. The van der Waals surface area contributed by atoms with Crippen LogP contribution in [0.2, 0.25) is 0 Å². The molecule has 0 bridgehead atoms. The van der Waals surface area contributed by atoms with Crippen molar-refractivity contribution in [2.75, 3.05) is 4.90 Å². The predicted molar refractivity (Wildman–Crippen MR) is 79.3 cm³/mol. The number of hydrogen-bond acceptors (Lipinski definition) is 2. The number of benzene rings is 2. The van der Waals surface area contributed by atoms with E-state index in [0.717, 1.165) is 11.3 Å². The van der Waals surface area contributed by atoms with Crippen molar-refractivity contribution in [1.29, 1.82) is 0 Å². The van der Waals surface area contributed by atoms with E-state index in [1.54, 1.807) is 11.0 Å². The molecule has 106 valence electrons. The molecule has 0 spiro atoms. The molecule has 0 aromatic heterocycles. The van der Waals surface area contributed by atoms with Crippen molar-refractivity contribution in [1.82, 2.24) is 0 Å². The highest BCUT2D eigenvalue weighted by molar-refractivity contribution is 6.11. The number of nitrogens with zero attached hydrogens (tertiary/aromatic N) is 1. The maximum Gasteiger partial charge on any atom is 0.303 e. The topological polar surface area (TPSA) is 57.6 Å². The van der Waals surface area contributed by atoms with Gasteiger partial charge in [-0.1, -0.05) is 36.4 Å². The largest absolute Gasteiger partial charge is 0.481 e. The molecule has 1 amide bonds. The number of rotatable bonds is 4. The van der Waals surface area contributed by atoms with Crippen LogP contribution in [0.1, 0.15) is 34.8 Å². The molecule has 1 unspecified atom stereocenters. The molecule has 2 aromatic rings. The molecule has 1 aliphatic heterocycles. The first kappa shape index (κ1) is 13.4. The number of fused-ring (bicyclic) bond motifs is 1. The Hall–Kier alpha value is -2.62. The van der Waals surface area contributed by atoms with Crippen molar-refractivity contribution in [3.8, 4) is 0 Å². The molecule has 3 rings (SSSR count). The Kier molecular flexibility index (Phi) is 3.44. The lowest BCUT2D eigenvalue weighted by atomic mass is 10.0. The summed E-state index contributed by atoms with van der Waals surface area (Å²) in [5, 5.41) is 8.94. The molecule has 0 aliphatic carbocycles. The molecule has 1 heterocycles. The fourth-order valence-corrected chi connectivity index (χ4v) is 2.82. The average molecular weight is 281 g/mol. The van der Waals surface area contributed by atoms with Gasteiger partial charge in [-0.15, -0.1) is 0 Å². The first-order chi connectivity index (χ1) is 10.2. The van der Waals surface area contributed by atoms with E-state index in [2.05, 4.69) is 0 Å². The smallest absolute Gasteiger partial charge is 0.303 e. The number of carboxylic acid groups (broad SMARTS) is 1. The molecule has 0 fully saturated rings. The van der Waals surface area contributed by atoms with E-state index in [4.69, 9.17) is 5.11 Å². The van der Waals surface area contributed by atoms with E-state index in [9.17, 15) is 9.59 Å². The lowest BCUT2D eigenvalue weighted by Crippen LogP contribution is -2.28. The fraction of sp³-hybridized carbons (Fsp3) is 0.176. The van der Waals surface area contributed by atoms with Crippen molar-refractivity contribution >= 4 is 17.6 Å². The van der Waals surface area contributed by atoms with Gasteiger partial charge >= 0.3 is 5.97 Å². The molecular weight excluding hydrogens is 266 g/mol. The monoisotopic (exact) mass is 281 g/mol. The highest BCUT2D eigenvalue weighted by Crippen LogP contribution is 2.39. The molecule has 1 aliphatic rings. The molecule has 0 radical (unpaired) electrons. The van der Waals surface area contributed by atoms with Gasteiger partial charge in [0.1, 0.15) is 0 Å². The normalized spacial score (nSPS) is 16.9. The van der Waals surface area contributed by atoms with E-state index in [1.807, 2.05) is 48.5 Å². The number of amides is 1. The van der Waals surface area contributed by atoms with Crippen LogP contribution in [0.25, 0.3) is 0 Å². The Morgan fingerprint density at radius 3 is 2.43 bits per heavy atom. The lowest BCUT2D eigenvalue weighted by molar-refractivity contribution is -0.137. The Labute approximate surface area is 122 Å². The predicted octanol–water partition coefficient (Wildman–Crippen LogP) is 3.25. The van der Waals surface area contributed by atoms with Crippen LogP contribution < -0.4 is 4.90 Å². The Morgan fingerprint density at radius 1 is 1.05 bits per heavy atom. The minimum Gasteiger partial charge on any atom is -0.481 e. The number of hydrogen-bond donors (Lipinski definition) is 1. The van der Waals surface area contributed by atoms with Crippen LogP contribution in [0.4, 0.5) is 5.69 Å². The fourth-order valence-electron chi connectivity index (χ4n) is 2.82. The van der Waals surface area contributed by atoms with Crippen molar-refractivity contribution < 1.29 is 14.7 Å². The number of carbonyl (C=O) groups excluding carboxylic acids is 1. The van der Waals surface area contributed by atoms with Crippen LogP contribution >= 0.6 is 0 Å². The Morgan fingerprint density at radius 2 is 1.71 bits per heavy atom. The molecule has 4 heteroatoms. The number of carbonyl (C=O) groups is 2. The van der Waals surface area contributed by atoms with Gasteiger partial charge in [-0.2, -0.15) is 0 Å². The number of anilines is 1. The zero-order valence-corrected chi connectivity index (χ0v) is 11.4. The minimum absolute atomic E-state index is 0.0373. The summed E-state index contributed by atoms with van der Waals surface area (Å²) in [4.78, 5) is 25.2. The van der Waals surface area contributed by atoms with Gasteiger partial charge in [0.05, 0.1) is 6.04 Å². The molecule has 21 heavy (non-hydrogen) atoms.